The summed E-state index contributed by atoms with van der Waals surface area (Å²) in [6.07, 6.45) is 4.74. The van der Waals surface area contributed by atoms with Gasteiger partial charge in [0, 0.05) is 12.7 Å². The van der Waals surface area contributed by atoms with Gasteiger partial charge in [-0.1, -0.05) is 0 Å². The fourth-order valence-electron chi connectivity index (χ4n) is 1.99. The largest absolute Gasteiger partial charge is 0.497 e. The standard InChI is InChI=1S/C15H18N2OS/c1-18-13-6-4-12(5-7-13)14-9-17-15(19-14)10-16-8-11-2-3-11/h4-7,9,11,16H,2-3,8,10H2,1H3. The minimum atomic E-state index is 0.886. The lowest BCUT2D eigenvalue weighted by Crippen LogP contribution is -2.15. The van der Waals surface area contributed by atoms with Crippen LogP contribution in [-0.2, 0) is 6.54 Å². The highest BCUT2D eigenvalue weighted by Crippen LogP contribution is 2.29. The number of thiazole rings is 1. The molecule has 0 unspecified atom stereocenters. The molecule has 0 saturated heterocycles. The Hall–Kier alpha value is -1.39. The van der Waals surface area contributed by atoms with E-state index < -0.39 is 0 Å². The Balaban J connectivity index is 1.61. The van der Waals surface area contributed by atoms with Crippen molar-refractivity contribution in [1.29, 1.82) is 0 Å². The van der Waals surface area contributed by atoms with Crippen molar-refractivity contribution < 1.29 is 4.74 Å². The van der Waals surface area contributed by atoms with Gasteiger partial charge in [0.2, 0.25) is 0 Å². The molecule has 0 atom stereocenters. The fourth-order valence-corrected chi connectivity index (χ4v) is 2.88. The van der Waals surface area contributed by atoms with E-state index in [4.69, 9.17) is 4.74 Å². The summed E-state index contributed by atoms with van der Waals surface area (Å²) in [6.45, 7) is 2.02. The molecule has 1 aliphatic carbocycles. The van der Waals surface area contributed by atoms with E-state index in [1.165, 1.54) is 23.3 Å². The second kappa shape index (κ2) is 5.72. The van der Waals surface area contributed by atoms with Gasteiger partial charge in [-0.05, 0) is 55.1 Å². The SMILES string of the molecule is COc1ccc(-c2cnc(CNCC3CC3)s2)cc1. The minimum absolute atomic E-state index is 0.886. The zero-order chi connectivity index (χ0) is 13.1. The van der Waals surface area contributed by atoms with Gasteiger partial charge in [0.25, 0.3) is 0 Å². The highest BCUT2D eigenvalue weighted by atomic mass is 32.1. The van der Waals surface area contributed by atoms with Crippen LogP contribution in [0.5, 0.6) is 5.75 Å². The second-order valence-electron chi connectivity index (χ2n) is 4.92. The number of ether oxygens (including phenoxy) is 1. The number of rotatable bonds is 6. The Kier molecular flexibility index (Phi) is 3.80. The van der Waals surface area contributed by atoms with E-state index >= 15 is 0 Å². The van der Waals surface area contributed by atoms with Crippen LogP contribution in [0.25, 0.3) is 10.4 Å². The predicted octanol–water partition coefficient (Wildman–Crippen LogP) is 3.32. The number of hydrogen-bond acceptors (Lipinski definition) is 4. The molecule has 1 N–H and O–H groups in total. The van der Waals surface area contributed by atoms with Crippen molar-refractivity contribution in [1.82, 2.24) is 10.3 Å². The van der Waals surface area contributed by atoms with Gasteiger partial charge in [0.15, 0.2) is 0 Å². The zero-order valence-corrected chi connectivity index (χ0v) is 11.9. The van der Waals surface area contributed by atoms with Crippen molar-refractivity contribution in [3.8, 4) is 16.2 Å². The average molecular weight is 274 g/mol. The van der Waals surface area contributed by atoms with Gasteiger partial charge < -0.3 is 10.1 Å². The highest BCUT2D eigenvalue weighted by Gasteiger charge is 2.20. The van der Waals surface area contributed by atoms with Crippen LogP contribution in [0.15, 0.2) is 30.5 Å². The molecule has 1 aromatic heterocycles. The number of benzene rings is 1. The van der Waals surface area contributed by atoms with Gasteiger partial charge in [-0.15, -0.1) is 11.3 Å². The normalized spacial score (nSPS) is 14.6. The van der Waals surface area contributed by atoms with E-state index in [1.54, 1.807) is 18.4 Å². The second-order valence-corrected chi connectivity index (χ2v) is 6.04. The molecule has 4 heteroatoms. The third-order valence-electron chi connectivity index (χ3n) is 3.33. The number of methoxy groups -OCH3 is 1. The van der Waals surface area contributed by atoms with Crippen molar-refractivity contribution in [3.05, 3.63) is 35.5 Å². The summed E-state index contributed by atoms with van der Waals surface area (Å²) in [7, 11) is 1.69. The van der Waals surface area contributed by atoms with Crippen LogP contribution in [0.1, 0.15) is 17.8 Å². The van der Waals surface area contributed by atoms with Gasteiger partial charge in [0.1, 0.15) is 10.8 Å². The predicted molar refractivity (Wildman–Crippen MR) is 78.5 cm³/mol. The van der Waals surface area contributed by atoms with Crippen molar-refractivity contribution in [2.75, 3.05) is 13.7 Å². The molecule has 1 fully saturated rings. The van der Waals surface area contributed by atoms with Crippen LogP contribution >= 0.6 is 11.3 Å². The number of aromatic nitrogens is 1. The first-order chi connectivity index (χ1) is 9.35. The van der Waals surface area contributed by atoms with E-state index in [2.05, 4.69) is 22.4 Å². The first-order valence-electron chi connectivity index (χ1n) is 6.65. The van der Waals surface area contributed by atoms with Crippen LogP contribution in [0.3, 0.4) is 0 Å². The summed E-state index contributed by atoms with van der Waals surface area (Å²) in [6, 6.07) is 8.13. The number of nitrogens with zero attached hydrogens (tertiary/aromatic N) is 1. The molecule has 100 valence electrons. The molecule has 2 aromatic rings. The lowest BCUT2D eigenvalue weighted by Gasteiger charge is -2.01. The van der Waals surface area contributed by atoms with E-state index in [0.717, 1.165) is 29.8 Å². The first kappa shape index (κ1) is 12.6. The van der Waals surface area contributed by atoms with E-state index in [-0.39, 0.29) is 0 Å². The maximum Gasteiger partial charge on any atom is 0.118 e. The van der Waals surface area contributed by atoms with Gasteiger partial charge >= 0.3 is 0 Å². The molecule has 3 nitrogen and oxygen atoms in total. The van der Waals surface area contributed by atoms with Gasteiger partial charge in [-0.3, -0.25) is 0 Å². The molecule has 19 heavy (non-hydrogen) atoms. The molecule has 3 rings (SSSR count). The first-order valence-corrected chi connectivity index (χ1v) is 7.46. The summed E-state index contributed by atoms with van der Waals surface area (Å²) in [4.78, 5) is 5.69. The van der Waals surface area contributed by atoms with E-state index in [0.29, 0.717) is 0 Å². The summed E-state index contributed by atoms with van der Waals surface area (Å²) >= 11 is 1.76. The summed E-state index contributed by atoms with van der Waals surface area (Å²) in [5.74, 6) is 1.81. The fraction of sp³-hybridized carbons (Fsp3) is 0.400. The van der Waals surface area contributed by atoms with Gasteiger partial charge in [-0.25, -0.2) is 4.98 Å². The lowest BCUT2D eigenvalue weighted by molar-refractivity contribution is 0.415. The lowest BCUT2D eigenvalue weighted by atomic mass is 10.2. The Bertz CT molecular complexity index is 531. The smallest absolute Gasteiger partial charge is 0.118 e. The maximum absolute atomic E-state index is 5.17. The summed E-state index contributed by atoms with van der Waals surface area (Å²) < 4.78 is 5.17. The molecule has 0 spiro atoms. The van der Waals surface area contributed by atoms with Crippen LogP contribution in [0, 0.1) is 5.92 Å². The molecule has 1 aromatic carbocycles. The topological polar surface area (TPSA) is 34.1 Å². The van der Waals surface area contributed by atoms with Crippen molar-refractivity contribution in [2.45, 2.75) is 19.4 Å². The molecule has 1 heterocycles. The molecule has 0 radical (unpaired) electrons. The summed E-state index contributed by atoms with van der Waals surface area (Å²) in [5, 5.41) is 4.63. The minimum Gasteiger partial charge on any atom is -0.497 e. The Labute approximate surface area is 117 Å². The molecule has 1 saturated carbocycles. The highest BCUT2D eigenvalue weighted by molar-refractivity contribution is 7.15. The number of nitrogens with one attached hydrogen (secondary N) is 1. The molecule has 0 amide bonds. The molecule has 0 bridgehead atoms. The Morgan fingerprint density at radius 1 is 1.32 bits per heavy atom. The van der Waals surface area contributed by atoms with Crippen LogP contribution in [-0.4, -0.2) is 18.6 Å². The molecule has 1 aliphatic rings. The van der Waals surface area contributed by atoms with E-state index in [9.17, 15) is 0 Å². The van der Waals surface area contributed by atoms with Gasteiger partial charge in [-0.2, -0.15) is 0 Å². The Morgan fingerprint density at radius 3 is 2.79 bits per heavy atom. The molecular formula is C15H18N2OS. The zero-order valence-electron chi connectivity index (χ0n) is 11.1. The maximum atomic E-state index is 5.17. The van der Waals surface area contributed by atoms with Crippen molar-refractivity contribution >= 4 is 11.3 Å². The van der Waals surface area contributed by atoms with Crippen molar-refractivity contribution in [2.24, 2.45) is 5.92 Å². The van der Waals surface area contributed by atoms with E-state index in [1.807, 2.05) is 18.3 Å². The quantitative estimate of drug-likeness (QED) is 0.877. The van der Waals surface area contributed by atoms with Crippen molar-refractivity contribution in [3.63, 3.8) is 0 Å². The third-order valence-corrected chi connectivity index (χ3v) is 4.38. The van der Waals surface area contributed by atoms with Crippen LogP contribution < -0.4 is 10.1 Å². The summed E-state index contributed by atoms with van der Waals surface area (Å²) in [5.41, 5.74) is 1.20. The molecular weight excluding hydrogens is 256 g/mol. The Morgan fingerprint density at radius 2 is 2.11 bits per heavy atom. The third kappa shape index (κ3) is 3.33. The monoisotopic (exact) mass is 274 g/mol. The number of hydrogen-bond donors (Lipinski definition) is 1. The average Bonchev–Trinajstić information content (AvgIpc) is 3.15. The van der Waals surface area contributed by atoms with Crippen LogP contribution in [0.2, 0.25) is 0 Å². The molecule has 0 aliphatic heterocycles. The van der Waals surface area contributed by atoms with Gasteiger partial charge in [0.05, 0.1) is 12.0 Å². The van der Waals surface area contributed by atoms with Crippen LogP contribution in [0.4, 0.5) is 0 Å².